The van der Waals surface area contributed by atoms with Gasteiger partial charge in [0.2, 0.25) is 5.28 Å². The fourth-order valence-electron chi connectivity index (χ4n) is 1.10. The molecule has 0 saturated carbocycles. The van der Waals surface area contributed by atoms with Gasteiger partial charge in [-0.1, -0.05) is 25.4 Å². The van der Waals surface area contributed by atoms with E-state index in [1.54, 1.807) is 0 Å². The highest BCUT2D eigenvalue weighted by Crippen LogP contribution is 2.22. The first kappa shape index (κ1) is 10.7. The summed E-state index contributed by atoms with van der Waals surface area (Å²) in [6, 6.07) is 0. The van der Waals surface area contributed by atoms with Gasteiger partial charge in [-0.15, -0.1) is 0 Å². The van der Waals surface area contributed by atoms with Crippen LogP contribution in [0.2, 0.25) is 10.4 Å². The highest BCUT2D eigenvalue weighted by atomic mass is 35.5. The molecule has 0 fully saturated rings. The smallest absolute Gasteiger partial charge is 0.224 e. The number of nitrogens with one attached hydrogen (secondary N) is 1. The van der Waals surface area contributed by atoms with E-state index >= 15 is 0 Å². The second kappa shape index (κ2) is 4.74. The van der Waals surface area contributed by atoms with E-state index in [1.807, 2.05) is 13.8 Å². The number of halogens is 2. The molecule has 1 aliphatic rings. The first-order valence-electron chi connectivity index (χ1n) is 4.19. The van der Waals surface area contributed by atoms with Gasteiger partial charge in [0.1, 0.15) is 5.15 Å². The van der Waals surface area contributed by atoms with Gasteiger partial charge in [-0.25, -0.2) is 9.97 Å². The van der Waals surface area contributed by atoms with Crippen LogP contribution in [0.15, 0.2) is 0 Å². The lowest BCUT2D eigenvalue weighted by molar-refractivity contribution is 0.758. The molecule has 5 heteroatoms. The standard InChI is InChI=1S/C6H5Cl2N3.C2H6/c7-5-3-1-9-2-4(3)10-6(8)11-5;1-2/h9H,1-2H2;1-2H3. The van der Waals surface area contributed by atoms with Crippen LogP contribution in [0.1, 0.15) is 25.1 Å². The SMILES string of the molecule is CC.Clc1nc(Cl)c2c(n1)CNC2. The van der Waals surface area contributed by atoms with E-state index < -0.39 is 0 Å². The van der Waals surface area contributed by atoms with E-state index in [0.29, 0.717) is 5.15 Å². The number of hydrogen-bond acceptors (Lipinski definition) is 3. The minimum Gasteiger partial charge on any atom is -0.307 e. The van der Waals surface area contributed by atoms with E-state index in [0.717, 1.165) is 24.3 Å². The number of fused-ring (bicyclic) bond motifs is 1. The topological polar surface area (TPSA) is 37.8 Å². The summed E-state index contributed by atoms with van der Waals surface area (Å²) >= 11 is 11.4. The fraction of sp³-hybridized carbons (Fsp3) is 0.500. The summed E-state index contributed by atoms with van der Waals surface area (Å²) in [5.74, 6) is 0. The van der Waals surface area contributed by atoms with E-state index in [2.05, 4.69) is 15.3 Å². The van der Waals surface area contributed by atoms with E-state index in [1.165, 1.54) is 0 Å². The summed E-state index contributed by atoms with van der Waals surface area (Å²) in [6.45, 7) is 5.47. The van der Waals surface area contributed by atoms with Crippen LogP contribution in [0.4, 0.5) is 0 Å². The molecule has 0 aromatic carbocycles. The van der Waals surface area contributed by atoms with E-state index in [-0.39, 0.29) is 5.28 Å². The van der Waals surface area contributed by atoms with E-state index in [4.69, 9.17) is 23.2 Å². The van der Waals surface area contributed by atoms with Gasteiger partial charge in [0.05, 0.1) is 5.69 Å². The van der Waals surface area contributed by atoms with Gasteiger partial charge in [0, 0.05) is 18.7 Å². The summed E-state index contributed by atoms with van der Waals surface area (Å²) < 4.78 is 0. The number of nitrogens with zero attached hydrogens (tertiary/aromatic N) is 2. The van der Waals surface area contributed by atoms with Crippen molar-refractivity contribution in [1.82, 2.24) is 15.3 Å². The molecule has 0 bridgehead atoms. The van der Waals surface area contributed by atoms with Gasteiger partial charge >= 0.3 is 0 Å². The maximum absolute atomic E-state index is 5.80. The normalized spacial score (nSPS) is 13.2. The van der Waals surface area contributed by atoms with Crippen LogP contribution < -0.4 is 5.32 Å². The average Bonchev–Trinajstić information content (AvgIpc) is 2.55. The molecule has 13 heavy (non-hydrogen) atoms. The molecule has 0 amide bonds. The Balaban J connectivity index is 0.000000396. The largest absolute Gasteiger partial charge is 0.307 e. The Morgan fingerprint density at radius 3 is 2.54 bits per heavy atom. The second-order valence-corrected chi connectivity index (χ2v) is 3.01. The molecular weight excluding hydrogens is 209 g/mol. The van der Waals surface area contributed by atoms with Crippen molar-refractivity contribution in [2.45, 2.75) is 26.9 Å². The molecule has 72 valence electrons. The lowest BCUT2D eigenvalue weighted by atomic mass is 10.3. The molecule has 0 aliphatic carbocycles. The Morgan fingerprint density at radius 1 is 1.15 bits per heavy atom. The average molecular weight is 220 g/mol. The molecule has 0 saturated heterocycles. The van der Waals surface area contributed by atoms with Gasteiger partial charge in [-0.2, -0.15) is 0 Å². The maximum atomic E-state index is 5.80. The zero-order valence-electron chi connectivity index (χ0n) is 7.56. The number of aromatic nitrogens is 2. The first-order chi connectivity index (χ1) is 6.27. The Kier molecular flexibility index (Phi) is 3.90. The van der Waals surface area contributed by atoms with Crippen LogP contribution >= 0.6 is 23.2 Å². The Morgan fingerprint density at radius 2 is 1.85 bits per heavy atom. The van der Waals surface area contributed by atoms with Crippen molar-refractivity contribution >= 4 is 23.2 Å². The van der Waals surface area contributed by atoms with Crippen LogP contribution in [-0.4, -0.2) is 9.97 Å². The van der Waals surface area contributed by atoms with Crippen molar-refractivity contribution in [2.24, 2.45) is 0 Å². The third kappa shape index (κ3) is 2.30. The molecule has 0 atom stereocenters. The van der Waals surface area contributed by atoms with Crippen molar-refractivity contribution in [1.29, 1.82) is 0 Å². The van der Waals surface area contributed by atoms with Crippen LogP contribution in [0.5, 0.6) is 0 Å². The van der Waals surface area contributed by atoms with Crippen molar-refractivity contribution in [3.8, 4) is 0 Å². The van der Waals surface area contributed by atoms with Gasteiger partial charge in [-0.3, -0.25) is 0 Å². The van der Waals surface area contributed by atoms with Crippen molar-refractivity contribution in [3.05, 3.63) is 21.7 Å². The van der Waals surface area contributed by atoms with Crippen molar-refractivity contribution in [2.75, 3.05) is 0 Å². The fourth-order valence-corrected chi connectivity index (χ4v) is 1.58. The highest BCUT2D eigenvalue weighted by molar-refractivity contribution is 6.32. The Bertz CT molecular complexity index is 302. The quantitative estimate of drug-likeness (QED) is 0.538. The molecular formula is C8H11Cl2N3. The van der Waals surface area contributed by atoms with Crippen LogP contribution in [0, 0.1) is 0 Å². The molecule has 1 aliphatic heterocycles. The van der Waals surface area contributed by atoms with Crippen molar-refractivity contribution in [3.63, 3.8) is 0 Å². The monoisotopic (exact) mass is 219 g/mol. The minimum absolute atomic E-state index is 0.220. The van der Waals surface area contributed by atoms with E-state index in [9.17, 15) is 0 Å². The lowest BCUT2D eigenvalue weighted by Gasteiger charge is -1.98. The predicted octanol–water partition coefficient (Wildman–Crippen LogP) is 2.41. The van der Waals surface area contributed by atoms with Gasteiger partial charge in [-0.05, 0) is 11.6 Å². The molecule has 1 N–H and O–H groups in total. The second-order valence-electron chi connectivity index (χ2n) is 2.31. The summed E-state index contributed by atoms with van der Waals surface area (Å²) in [5, 5.41) is 3.79. The zero-order chi connectivity index (χ0) is 9.84. The van der Waals surface area contributed by atoms with Gasteiger partial charge < -0.3 is 5.32 Å². The summed E-state index contributed by atoms with van der Waals surface area (Å²) in [4.78, 5) is 7.85. The molecule has 2 heterocycles. The summed E-state index contributed by atoms with van der Waals surface area (Å²) in [6.07, 6.45) is 0. The first-order valence-corrected chi connectivity index (χ1v) is 4.94. The summed E-state index contributed by atoms with van der Waals surface area (Å²) in [7, 11) is 0. The van der Waals surface area contributed by atoms with Gasteiger partial charge in [0.25, 0.3) is 0 Å². The zero-order valence-corrected chi connectivity index (χ0v) is 9.08. The van der Waals surface area contributed by atoms with Crippen LogP contribution in [0.25, 0.3) is 0 Å². The van der Waals surface area contributed by atoms with Crippen LogP contribution in [0.3, 0.4) is 0 Å². The van der Waals surface area contributed by atoms with Crippen molar-refractivity contribution < 1.29 is 0 Å². The Hall–Kier alpha value is -0.380. The molecule has 1 aromatic rings. The molecule has 2 rings (SSSR count). The van der Waals surface area contributed by atoms with Gasteiger partial charge in [0.15, 0.2) is 0 Å². The van der Waals surface area contributed by atoms with Crippen LogP contribution in [-0.2, 0) is 13.1 Å². The lowest BCUT2D eigenvalue weighted by Crippen LogP contribution is -2.00. The molecule has 0 spiro atoms. The highest BCUT2D eigenvalue weighted by Gasteiger charge is 2.16. The third-order valence-corrected chi connectivity index (χ3v) is 2.09. The number of hydrogen-bond donors (Lipinski definition) is 1. The Labute approximate surface area is 87.5 Å². The molecule has 1 aromatic heterocycles. The molecule has 0 radical (unpaired) electrons. The number of rotatable bonds is 0. The molecule has 3 nitrogen and oxygen atoms in total. The molecule has 0 unspecified atom stereocenters. The summed E-state index contributed by atoms with van der Waals surface area (Å²) in [5.41, 5.74) is 1.88. The third-order valence-electron chi connectivity index (χ3n) is 1.61. The predicted molar refractivity (Wildman–Crippen MR) is 53.9 cm³/mol. The maximum Gasteiger partial charge on any atom is 0.224 e. The minimum atomic E-state index is 0.220.